The minimum atomic E-state index is -0.776. The van der Waals surface area contributed by atoms with Gasteiger partial charge >= 0.3 is 0 Å². The molecule has 0 unspecified atom stereocenters. The maximum absolute atomic E-state index is 12.5. The van der Waals surface area contributed by atoms with Crippen LogP contribution in [0.15, 0.2) is 60.7 Å². The number of hydrogen-bond acceptors (Lipinski definition) is 4. The Balaban J connectivity index is 1.64. The Hall–Kier alpha value is -3.51. The normalized spacial score (nSPS) is 11.5. The van der Waals surface area contributed by atoms with Gasteiger partial charge in [-0.2, -0.15) is 0 Å². The van der Waals surface area contributed by atoms with E-state index in [1.807, 2.05) is 26.0 Å². The number of hydrogen-bond donors (Lipinski definition) is 3. The van der Waals surface area contributed by atoms with Crippen molar-refractivity contribution in [3.63, 3.8) is 0 Å². The Kier molecular flexibility index (Phi) is 6.82. The number of phenolic OH excluding ortho intramolecular Hbond substituents is 1. The van der Waals surface area contributed by atoms with Crippen molar-refractivity contribution in [1.82, 2.24) is 0 Å². The molecule has 1 atom stereocenters. The minimum Gasteiger partial charge on any atom is -0.506 e. The summed E-state index contributed by atoms with van der Waals surface area (Å²) in [6, 6.07) is 16.8. The van der Waals surface area contributed by atoms with Crippen molar-refractivity contribution < 1.29 is 19.4 Å². The molecule has 7 heteroatoms. The standard InChI is InChI=1S/C24H23ClN2O4/c1-14-6-4-5-7-19(14)24(30)27-20-10-9-18(13-21(20)28)26-23(29)16(3)31-22-11-8-17(25)12-15(22)2/h4-13,16,28H,1-3H3,(H,26,29)(H,27,30)/t16-/m1/s1. The summed E-state index contributed by atoms with van der Waals surface area (Å²) in [6.45, 7) is 5.30. The first-order valence-electron chi connectivity index (χ1n) is 9.68. The minimum absolute atomic E-state index is 0.165. The summed E-state index contributed by atoms with van der Waals surface area (Å²) < 4.78 is 5.71. The average Bonchev–Trinajstić information content (AvgIpc) is 2.72. The summed E-state index contributed by atoms with van der Waals surface area (Å²) in [6.07, 6.45) is -0.776. The van der Waals surface area contributed by atoms with E-state index in [4.69, 9.17) is 16.3 Å². The highest BCUT2D eigenvalue weighted by atomic mass is 35.5. The summed E-state index contributed by atoms with van der Waals surface area (Å²) in [5.74, 6) is -0.318. The molecule has 3 rings (SSSR count). The molecule has 0 heterocycles. The second kappa shape index (κ2) is 9.53. The molecule has 0 aliphatic rings. The van der Waals surface area contributed by atoms with Crippen LogP contribution in [0.25, 0.3) is 0 Å². The number of aryl methyl sites for hydroxylation is 2. The number of phenols is 1. The van der Waals surface area contributed by atoms with Crippen LogP contribution in [0, 0.1) is 13.8 Å². The quantitative estimate of drug-likeness (QED) is 0.454. The van der Waals surface area contributed by atoms with Gasteiger partial charge in [-0.15, -0.1) is 0 Å². The second-order valence-electron chi connectivity index (χ2n) is 7.16. The Morgan fingerprint density at radius 1 is 0.968 bits per heavy atom. The van der Waals surface area contributed by atoms with Gasteiger partial charge in [0.2, 0.25) is 0 Å². The van der Waals surface area contributed by atoms with Crippen molar-refractivity contribution in [2.24, 2.45) is 0 Å². The van der Waals surface area contributed by atoms with Crippen molar-refractivity contribution in [3.8, 4) is 11.5 Å². The van der Waals surface area contributed by atoms with Gasteiger partial charge in [0.25, 0.3) is 11.8 Å². The molecule has 0 aliphatic carbocycles. The molecule has 0 bridgehead atoms. The van der Waals surface area contributed by atoms with Gasteiger partial charge in [0.15, 0.2) is 6.10 Å². The predicted molar refractivity (Wildman–Crippen MR) is 122 cm³/mol. The molecule has 0 saturated heterocycles. The number of carbonyl (C=O) groups is 2. The van der Waals surface area contributed by atoms with Crippen LogP contribution in [0.2, 0.25) is 5.02 Å². The lowest BCUT2D eigenvalue weighted by atomic mass is 10.1. The van der Waals surface area contributed by atoms with Crippen LogP contribution in [0.4, 0.5) is 11.4 Å². The van der Waals surface area contributed by atoms with Crippen molar-refractivity contribution in [1.29, 1.82) is 0 Å². The van der Waals surface area contributed by atoms with E-state index in [1.54, 1.807) is 43.3 Å². The fourth-order valence-electron chi connectivity index (χ4n) is 2.97. The molecule has 0 saturated carbocycles. The van der Waals surface area contributed by atoms with Crippen molar-refractivity contribution in [2.75, 3.05) is 10.6 Å². The Morgan fingerprint density at radius 2 is 1.71 bits per heavy atom. The predicted octanol–water partition coefficient (Wildman–Crippen LogP) is 5.32. The molecule has 3 N–H and O–H groups in total. The maximum Gasteiger partial charge on any atom is 0.265 e. The SMILES string of the molecule is Cc1cc(Cl)ccc1O[C@H](C)C(=O)Nc1ccc(NC(=O)c2ccccc2C)c(O)c1. The zero-order valence-electron chi connectivity index (χ0n) is 17.4. The maximum atomic E-state index is 12.5. The smallest absolute Gasteiger partial charge is 0.265 e. The molecule has 3 aromatic carbocycles. The number of aromatic hydroxyl groups is 1. The Morgan fingerprint density at radius 3 is 2.39 bits per heavy atom. The van der Waals surface area contributed by atoms with E-state index in [1.165, 1.54) is 12.1 Å². The number of amides is 2. The molecule has 0 aliphatic heterocycles. The number of rotatable bonds is 6. The highest BCUT2D eigenvalue weighted by Gasteiger charge is 2.17. The second-order valence-corrected chi connectivity index (χ2v) is 7.60. The van der Waals surface area contributed by atoms with Crippen LogP contribution >= 0.6 is 11.6 Å². The van der Waals surface area contributed by atoms with Gasteiger partial charge in [-0.25, -0.2) is 0 Å². The third-order valence-corrected chi connectivity index (χ3v) is 4.95. The molecule has 6 nitrogen and oxygen atoms in total. The van der Waals surface area contributed by atoms with E-state index in [-0.39, 0.29) is 23.3 Å². The fourth-order valence-corrected chi connectivity index (χ4v) is 3.19. The molecule has 2 amide bonds. The number of benzene rings is 3. The lowest BCUT2D eigenvalue weighted by Gasteiger charge is -2.17. The fraction of sp³-hybridized carbons (Fsp3) is 0.167. The Labute approximate surface area is 185 Å². The van der Waals surface area contributed by atoms with Gasteiger partial charge in [0, 0.05) is 22.3 Å². The molecule has 31 heavy (non-hydrogen) atoms. The number of halogens is 1. The zero-order valence-corrected chi connectivity index (χ0v) is 18.2. The highest BCUT2D eigenvalue weighted by Crippen LogP contribution is 2.28. The van der Waals surface area contributed by atoms with Gasteiger partial charge in [-0.3, -0.25) is 9.59 Å². The van der Waals surface area contributed by atoms with Crippen molar-refractivity contribution in [2.45, 2.75) is 26.9 Å². The molecule has 0 aromatic heterocycles. The van der Waals surface area contributed by atoms with Gasteiger partial charge in [-0.05, 0) is 68.3 Å². The third kappa shape index (κ3) is 5.55. The molecule has 160 valence electrons. The van der Waals surface area contributed by atoms with E-state index >= 15 is 0 Å². The van der Waals surface area contributed by atoms with Crippen LogP contribution in [0.5, 0.6) is 11.5 Å². The first-order valence-corrected chi connectivity index (χ1v) is 10.1. The zero-order chi connectivity index (χ0) is 22.5. The number of carbonyl (C=O) groups excluding carboxylic acids is 2. The van der Waals surface area contributed by atoms with Gasteiger partial charge in [0.1, 0.15) is 11.5 Å². The van der Waals surface area contributed by atoms with Crippen LogP contribution < -0.4 is 15.4 Å². The molecule has 0 radical (unpaired) electrons. The lowest BCUT2D eigenvalue weighted by Crippen LogP contribution is -2.30. The van der Waals surface area contributed by atoms with E-state index in [0.717, 1.165) is 11.1 Å². The van der Waals surface area contributed by atoms with Crippen molar-refractivity contribution in [3.05, 3.63) is 82.4 Å². The van der Waals surface area contributed by atoms with Gasteiger partial charge < -0.3 is 20.5 Å². The average molecular weight is 439 g/mol. The molecule has 0 fully saturated rings. The number of anilines is 2. The topological polar surface area (TPSA) is 87.7 Å². The van der Waals surface area contributed by atoms with Gasteiger partial charge in [0.05, 0.1) is 5.69 Å². The summed E-state index contributed by atoms with van der Waals surface area (Å²) >= 11 is 5.94. The van der Waals surface area contributed by atoms with Crippen LogP contribution in [0.3, 0.4) is 0 Å². The summed E-state index contributed by atoms with van der Waals surface area (Å²) in [5.41, 5.74) is 2.78. The Bertz CT molecular complexity index is 1130. The van der Waals surface area contributed by atoms with Crippen LogP contribution in [-0.4, -0.2) is 23.0 Å². The van der Waals surface area contributed by atoms with E-state index in [9.17, 15) is 14.7 Å². The molecular weight excluding hydrogens is 416 g/mol. The van der Waals surface area contributed by atoms with Crippen LogP contribution in [-0.2, 0) is 4.79 Å². The van der Waals surface area contributed by atoms with E-state index in [0.29, 0.717) is 22.0 Å². The molecule has 3 aromatic rings. The first-order chi connectivity index (χ1) is 14.7. The van der Waals surface area contributed by atoms with Crippen LogP contribution in [0.1, 0.15) is 28.4 Å². The number of ether oxygens (including phenoxy) is 1. The number of nitrogens with one attached hydrogen (secondary N) is 2. The lowest BCUT2D eigenvalue weighted by molar-refractivity contribution is -0.122. The molecule has 0 spiro atoms. The van der Waals surface area contributed by atoms with Gasteiger partial charge in [-0.1, -0.05) is 29.8 Å². The summed E-state index contributed by atoms with van der Waals surface area (Å²) in [7, 11) is 0. The van der Waals surface area contributed by atoms with E-state index < -0.39 is 6.10 Å². The highest BCUT2D eigenvalue weighted by molar-refractivity contribution is 6.30. The molecular formula is C24H23ClN2O4. The monoisotopic (exact) mass is 438 g/mol. The first kappa shape index (κ1) is 22.2. The summed E-state index contributed by atoms with van der Waals surface area (Å²) in [4.78, 5) is 24.9. The third-order valence-electron chi connectivity index (χ3n) is 4.71. The van der Waals surface area contributed by atoms with E-state index in [2.05, 4.69) is 10.6 Å². The largest absolute Gasteiger partial charge is 0.506 e. The van der Waals surface area contributed by atoms with Crippen molar-refractivity contribution >= 4 is 34.8 Å². The summed E-state index contributed by atoms with van der Waals surface area (Å²) in [5, 5.41) is 16.3.